The first kappa shape index (κ1) is 16.6. The number of carbonyl (C=O) groups excluding carboxylic acids is 2. The van der Waals surface area contributed by atoms with Crippen molar-refractivity contribution in [1.82, 2.24) is 5.32 Å². The van der Waals surface area contributed by atoms with Crippen LogP contribution in [0.1, 0.15) is 32.6 Å². The number of thioether (sulfide) groups is 1. The largest absolute Gasteiger partial charge is 0.478 e. The van der Waals surface area contributed by atoms with Gasteiger partial charge in [-0.25, -0.2) is 9.59 Å². The van der Waals surface area contributed by atoms with Crippen LogP contribution in [0.4, 0.5) is 0 Å². The summed E-state index contributed by atoms with van der Waals surface area (Å²) in [7, 11) is 0. The fraction of sp³-hybridized carbons (Fsp3) is 0.533. The highest BCUT2D eigenvalue weighted by Gasteiger charge is 2.41. The summed E-state index contributed by atoms with van der Waals surface area (Å²) in [6, 6.07) is 0. The Hall–Kier alpha value is -1.76. The second-order valence-electron chi connectivity index (χ2n) is 5.17. The van der Waals surface area contributed by atoms with Crippen molar-refractivity contribution in [2.45, 2.75) is 37.9 Å². The van der Waals surface area contributed by atoms with Gasteiger partial charge in [0.05, 0.1) is 17.2 Å². The van der Waals surface area contributed by atoms with E-state index in [9.17, 15) is 14.4 Å². The lowest BCUT2D eigenvalue weighted by molar-refractivity contribution is -0.139. The molecule has 2 N–H and O–H groups in total. The maximum atomic E-state index is 12.2. The third-order valence-corrected chi connectivity index (χ3v) is 5.12. The van der Waals surface area contributed by atoms with Crippen LogP contribution in [0, 0.1) is 5.92 Å². The number of carboxylic acids is 1. The molecule has 0 saturated heterocycles. The molecule has 0 spiro atoms. The van der Waals surface area contributed by atoms with E-state index in [0.29, 0.717) is 10.6 Å². The fourth-order valence-corrected chi connectivity index (χ4v) is 4.35. The molecule has 0 aromatic rings. The Morgan fingerprint density at radius 2 is 2.05 bits per heavy atom. The Kier molecular flexibility index (Phi) is 5.65. The van der Waals surface area contributed by atoms with E-state index in [0.717, 1.165) is 37.8 Å². The molecule has 0 radical (unpaired) electrons. The predicted molar refractivity (Wildman–Crippen MR) is 81.9 cm³/mol. The Labute approximate surface area is 133 Å². The minimum atomic E-state index is -1.19. The molecule has 1 amide bonds. The quantitative estimate of drug-likeness (QED) is 0.592. The Bertz CT molecular complexity index is 540. The van der Waals surface area contributed by atoms with Gasteiger partial charge in [0.1, 0.15) is 0 Å². The van der Waals surface area contributed by atoms with Gasteiger partial charge in [-0.3, -0.25) is 4.79 Å². The zero-order valence-electron chi connectivity index (χ0n) is 12.3. The lowest BCUT2D eigenvalue weighted by Gasteiger charge is -2.25. The monoisotopic (exact) mass is 325 g/mol. The molecular weight excluding hydrogens is 306 g/mol. The molecule has 6 nitrogen and oxygen atoms in total. The molecular formula is C15H19NO5S. The van der Waals surface area contributed by atoms with Gasteiger partial charge in [0.15, 0.2) is 0 Å². The third kappa shape index (κ3) is 3.91. The molecule has 1 fully saturated rings. The van der Waals surface area contributed by atoms with Crippen molar-refractivity contribution in [3.05, 3.63) is 22.8 Å². The lowest BCUT2D eigenvalue weighted by Crippen LogP contribution is -2.25. The molecule has 2 atom stereocenters. The van der Waals surface area contributed by atoms with Crippen molar-refractivity contribution in [3.8, 4) is 0 Å². The summed E-state index contributed by atoms with van der Waals surface area (Å²) >= 11 is 1.48. The van der Waals surface area contributed by atoms with Crippen molar-refractivity contribution in [2.24, 2.45) is 5.92 Å². The number of carbonyl (C=O) groups is 3. The van der Waals surface area contributed by atoms with Crippen molar-refractivity contribution in [1.29, 1.82) is 0 Å². The minimum Gasteiger partial charge on any atom is -0.478 e. The SMILES string of the molecule is CCOC(=O)C1=C(NC(=O)/C=C/C(=O)O)S[C@H]2CCCC[C@H]12. The normalized spacial score (nSPS) is 24.2. The second kappa shape index (κ2) is 7.49. The van der Waals surface area contributed by atoms with Crippen molar-refractivity contribution >= 4 is 29.6 Å². The van der Waals surface area contributed by atoms with Gasteiger partial charge in [0, 0.05) is 23.3 Å². The van der Waals surface area contributed by atoms with E-state index in [1.165, 1.54) is 11.8 Å². The number of hydrogen-bond donors (Lipinski definition) is 2. The lowest BCUT2D eigenvalue weighted by atomic mass is 9.84. The second-order valence-corrected chi connectivity index (χ2v) is 6.42. The summed E-state index contributed by atoms with van der Waals surface area (Å²) in [6.07, 6.45) is 5.81. The van der Waals surface area contributed by atoms with Gasteiger partial charge < -0.3 is 15.2 Å². The molecule has 1 aliphatic heterocycles. The third-order valence-electron chi connectivity index (χ3n) is 3.70. The van der Waals surface area contributed by atoms with E-state index in [1.54, 1.807) is 6.92 Å². The number of amides is 1. The molecule has 0 bridgehead atoms. The average molecular weight is 325 g/mol. The van der Waals surface area contributed by atoms with Gasteiger partial charge in [-0.05, 0) is 19.8 Å². The van der Waals surface area contributed by atoms with Gasteiger partial charge >= 0.3 is 11.9 Å². The summed E-state index contributed by atoms with van der Waals surface area (Å²) in [5.74, 6) is -2.02. The molecule has 1 saturated carbocycles. The Morgan fingerprint density at radius 3 is 2.73 bits per heavy atom. The van der Waals surface area contributed by atoms with Gasteiger partial charge in [-0.1, -0.05) is 12.8 Å². The van der Waals surface area contributed by atoms with E-state index in [-0.39, 0.29) is 23.7 Å². The summed E-state index contributed by atoms with van der Waals surface area (Å²) in [5.41, 5.74) is 0.536. The number of ether oxygens (including phenoxy) is 1. The van der Waals surface area contributed by atoms with E-state index < -0.39 is 11.9 Å². The summed E-state index contributed by atoms with van der Waals surface area (Å²) < 4.78 is 5.11. The zero-order chi connectivity index (χ0) is 16.1. The average Bonchev–Trinajstić information content (AvgIpc) is 2.83. The Morgan fingerprint density at radius 1 is 1.32 bits per heavy atom. The smallest absolute Gasteiger partial charge is 0.336 e. The molecule has 22 heavy (non-hydrogen) atoms. The number of aliphatic carboxylic acids is 1. The number of carboxylic acid groups (broad SMARTS) is 1. The maximum Gasteiger partial charge on any atom is 0.336 e. The van der Waals surface area contributed by atoms with Crippen LogP contribution in [0.3, 0.4) is 0 Å². The van der Waals surface area contributed by atoms with Crippen LogP contribution in [0.25, 0.3) is 0 Å². The topological polar surface area (TPSA) is 92.7 Å². The number of fused-ring (bicyclic) bond motifs is 1. The molecule has 2 rings (SSSR count). The molecule has 0 unspecified atom stereocenters. The van der Waals surface area contributed by atoms with E-state index in [4.69, 9.17) is 9.84 Å². The zero-order valence-corrected chi connectivity index (χ0v) is 13.1. The van der Waals surface area contributed by atoms with Crippen molar-refractivity contribution in [2.75, 3.05) is 6.61 Å². The molecule has 120 valence electrons. The highest BCUT2D eigenvalue weighted by molar-refractivity contribution is 8.04. The van der Waals surface area contributed by atoms with Gasteiger partial charge in [-0.2, -0.15) is 0 Å². The standard InChI is InChI=1S/C15H19NO5S/c1-2-21-15(20)13-9-5-3-4-6-10(9)22-14(13)16-11(17)7-8-12(18)19/h7-10H,2-6H2,1H3,(H,16,17)(H,18,19)/b8-7+/t9-,10-/m0/s1. The number of rotatable bonds is 5. The van der Waals surface area contributed by atoms with Crippen LogP contribution in [0.2, 0.25) is 0 Å². The first-order valence-electron chi connectivity index (χ1n) is 7.32. The first-order chi connectivity index (χ1) is 10.5. The molecule has 0 aromatic carbocycles. The minimum absolute atomic E-state index is 0.108. The first-order valence-corrected chi connectivity index (χ1v) is 8.20. The number of nitrogens with one attached hydrogen (secondary N) is 1. The summed E-state index contributed by atoms with van der Waals surface area (Å²) in [5, 5.41) is 12.0. The van der Waals surface area contributed by atoms with Gasteiger partial charge in [0.25, 0.3) is 0 Å². The van der Waals surface area contributed by atoms with Crippen LogP contribution in [-0.4, -0.2) is 34.8 Å². The van der Waals surface area contributed by atoms with E-state index >= 15 is 0 Å². The van der Waals surface area contributed by atoms with E-state index in [2.05, 4.69) is 5.32 Å². The molecule has 7 heteroatoms. The predicted octanol–water partition coefficient (Wildman–Crippen LogP) is 1.82. The van der Waals surface area contributed by atoms with Crippen LogP contribution < -0.4 is 5.32 Å². The van der Waals surface area contributed by atoms with Gasteiger partial charge in [0.2, 0.25) is 5.91 Å². The molecule has 0 aromatic heterocycles. The number of hydrogen-bond acceptors (Lipinski definition) is 5. The maximum absolute atomic E-state index is 12.2. The van der Waals surface area contributed by atoms with Crippen LogP contribution >= 0.6 is 11.8 Å². The van der Waals surface area contributed by atoms with Crippen LogP contribution in [0.15, 0.2) is 22.8 Å². The Balaban J connectivity index is 2.18. The fourth-order valence-electron chi connectivity index (χ4n) is 2.80. The van der Waals surface area contributed by atoms with Gasteiger partial charge in [-0.15, -0.1) is 11.8 Å². The van der Waals surface area contributed by atoms with Crippen molar-refractivity contribution in [3.63, 3.8) is 0 Å². The van der Waals surface area contributed by atoms with E-state index in [1.807, 2.05) is 0 Å². The molecule has 1 heterocycles. The van der Waals surface area contributed by atoms with Crippen LogP contribution in [0.5, 0.6) is 0 Å². The molecule has 1 aliphatic carbocycles. The highest BCUT2D eigenvalue weighted by Crippen LogP contribution is 2.48. The molecule has 2 aliphatic rings. The highest BCUT2D eigenvalue weighted by atomic mass is 32.2. The van der Waals surface area contributed by atoms with Crippen LogP contribution in [-0.2, 0) is 19.1 Å². The van der Waals surface area contributed by atoms with Crippen molar-refractivity contribution < 1.29 is 24.2 Å². The summed E-state index contributed by atoms with van der Waals surface area (Å²) in [4.78, 5) is 34.4. The number of esters is 1. The summed E-state index contributed by atoms with van der Waals surface area (Å²) in [6.45, 7) is 2.03.